The summed E-state index contributed by atoms with van der Waals surface area (Å²) >= 11 is 0. The number of amides is 1. The summed E-state index contributed by atoms with van der Waals surface area (Å²) in [6.07, 6.45) is -5.44. The molecule has 0 heterocycles. The average Bonchev–Trinajstić information content (AvgIpc) is 2.63. The molecule has 27 heavy (non-hydrogen) atoms. The minimum atomic E-state index is -4.57. The van der Waals surface area contributed by atoms with Gasteiger partial charge in [-0.15, -0.1) is 0 Å². The lowest BCUT2D eigenvalue weighted by Gasteiger charge is -2.23. The third kappa shape index (κ3) is 6.44. The Balaban J connectivity index is 2.14. The van der Waals surface area contributed by atoms with Crippen LogP contribution in [0.4, 0.5) is 13.2 Å². The number of carbonyl (C=O) groups is 2. The molecule has 7 heteroatoms. The van der Waals surface area contributed by atoms with E-state index in [1.807, 2.05) is 0 Å². The molecule has 1 amide bonds. The SMILES string of the molecule is O=C(O)CCC(NC(=O)CC(c1ccccc1)C(F)(F)F)c1ccccc1. The molecule has 144 valence electrons. The lowest BCUT2D eigenvalue weighted by Crippen LogP contribution is -2.33. The molecule has 0 radical (unpaired) electrons. The number of aliphatic carboxylic acids is 1. The van der Waals surface area contributed by atoms with E-state index in [4.69, 9.17) is 5.11 Å². The van der Waals surface area contributed by atoms with Gasteiger partial charge in [-0.25, -0.2) is 0 Å². The molecule has 0 saturated heterocycles. The third-order valence-electron chi connectivity index (χ3n) is 4.17. The number of halogens is 3. The number of carboxylic acid groups (broad SMARTS) is 1. The maximum Gasteiger partial charge on any atom is 0.396 e. The number of carboxylic acids is 1. The quantitative estimate of drug-likeness (QED) is 0.712. The van der Waals surface area contributed by atoms with E-state index >= 15 is 0 Å². The first-order chi connectivity index (χ1) is 12.8. The standard InChI is InChI=1S/C20H20F3NO3/c21-20(22,23)16(14-7-3-1-4-8-14)13-18(25)24-17(11-12-19(26)27)15-9-5-2-6-10-15/h1-10,16-17H,11-13H2,(H,24,25)(H,26,27). The van der Waals surface area contributed by atoms with Gasteiger partial charge in [-0.2, -0.15) is 13.2 Å². The van der Waals surface area contributed by atoms with Crippen LogP contribution in [0.5, 0.6) is 0 Å². The van der Waals surface area contributed by atoms with Crippen LogP contribution >= 0.6 is 0 Å². The predicted molar refractivity (Wildman–Crippen MR) is 94.1 cm³/mol. The number of hydrogen-bond donors (Lipinski definition) is 2. The highest BCUT2D eigenvalue weighted by molar-refractivity contribution is 5.77. The van der Waals surface area contributed by atoms with Crippen molar-refractivity contribution in [1.82, 2.24) is 5.32 Å². The highest BCUT2D eigenvalue weighted by Crippen LogP contribution is 2.37. The number of alkyl halides is 3. The summed E-state index contributed by atoms with van der Waals surface area (Å²) in [4.78, 5) is 23.2. The van der Waals surface area contributed by atoms with Gasteiger partial charge in [0.05, 0.1) is 12.0 Å². The van der Waals surface area contributed by atoms with Crippen molar-refractivity contribution < 1.29 is 27.9 Å². The van der Waals surface area contributed by atoms with Crippen LogP contribution in [0.3, 0.4) is 0 Å². The largest absolute Gasteiger partial charge is 0.481 e. The van der Waals surface area contributed by atoms with Gasteiger partial charge in [0.15, 0.2) is 0 Å². The van der Waals surface area contributed by atoms with E-state index in [-0.39, 0.29) is 18.4 Å². The van der Waals surface area contributed by atoms with E-state index < -0.39 is 36.4 Å². The molecule has 0 bridgehead atoms. The van der Waals surface area contributed by atoms with Crippen molar-refractivity contribution in [2.24, 2.45) is 0 Å². The van der Waals surface area contributed by atoms with Crippen molar-refractivity contribution in [3.8, 4) is 0 Å². The second-order valence-corrected chi connectivity index (χ2v) is 6.17. The Bertz CT molecular complexity index is 748. The van der Waals surface area contributed by atoms with Crippen LogP contribution in [0.2, 0.25) is 0 Å². The zero-order chi connectivity index (χ0) is 19.9. The van der Waals surface area contributed by atoms with E-state index in [1.165, 1.54) is 24.3 Å². The minimum absolute atomic E-state index is 0.0157. The van der Waals surface area contributed by atoms with Crippen molar-refractivity contribution in [2.45, 2.75) is 37.4 Å². The van der Waals surface area contributed by atoms with E-state index in [0.717, 1.165) is 0 Å². The second-order valence-electron chi connectivity index (χ2n) is 6.17. The Hall–Kier alpha value is -2.83. The summed E-state index contributed by atoms with van der Waals surface area (Å²) in [5, 5.41) is 11.4. The lowest BCUT2D eigenvalue weighted by molar-refractivity contribution is -0.157. The molecule has 0 spiro atoms. The maximum atomic E-state index is 13.4. The number of rotatable bonds is 8. The van der Waals surface area contributed by atoms with Crippen molar-refractivity contribution in [1.29, 1.82) is 0 Å². The zero-order valence-corrected chi connectivity index (χ0v) is 14.4. The first-order valence-corrected chi connectivity index (χ1v) is 8.45. The smallest absolute Gasteiger partial charge is 0.396 e. The van der Waals surface area contributed by atoms with Gasteiger partial charge >= 0.3 is 12.1 Å². The molecule has 0 fully saturated rings. The fraction of sp³-hybridized carbons (Fsp3) is 0.300. The molecule has 2 rings (SSSR count). The van der Waals surface area contributed by atoms with Crippen LogP contribution in [-0.4, -0.2) is 23.2 Å². The van der Waals surface area contributed by atoms with Crippen molar-refractivity contribution in [3.63, 3.8) is 0 Å². The van der Waals surface area contributed by atoms with Crippen LogP contribution in [0.1, 0.15) is 42.3 Å². The van der Waals surface area contributed by atoms with E-state index in [9.17, 15) is 22.8 Å². The Kier molecular flexibility index (Phi) is 6.98. The number of hydrogen-bond acceptors (Lipinski definition) is 2. The van der Waals surface area contributed by atoms with Crippen LogP contribution in [0.15, 0.2) is 60.7 Å². The molecule has 0 aromatic heterocycles. The van der Waals surface area contributed by atoms with Crippen molar-refractivity contribution in [2.75, 3.05) is 0 Å². The average molecular weight is 379 g/mol. The molecule has 0 aliphatic heterocycles. The lowest BCUT2D eigenvalue weighted by atomic mass is 9.94. The molecule has 0 saturated carbocycles. The van der Waals surface area contributed by atoms with Crippen LogP contribution < -0.4 is 5.32 Å². The van der Waals surface area contributed by atoms with Crippen LogP contribution in [0.25, 0.3) is 0 Å². The second kappa shape index (κ2) is 9.21. The molecule has 2 N–H and O–H groups in total. The van der Waals surface area contributed by atoms with Gasteiger partial charge in [-0.3, -0.25) is 9.59 Å². The van der Waals surface area contributed by atoms with E-state index in [0.29, 0.717) is 5.56 Å². The first kappa shape index (κ1) is 20.5. The Labute approximate surface area is 155 Å². The third-order valence-corrected chi connectivity index (χ3v) is 4.17. The number of carbonyl (C=O) groups excluding carboxylic acids is 1. The summed E-state index contributed by atoms with van der Waals surface area (Å²) in [6.45, 7) is 0. The fourth-order valence-electron chi connectivity index (χ4n) is 2.82. The van der Waals surface area contributed by atoms with Gasteiger partial charge in [-0.05, 0) is 17.5 Å². The zero-order valence-electron chi connectivity index (χ0n) is 14.4. The van der Waals surface area contributed by atoms with E-state index in [1.54, 1.807) is 36.4 Å². The minimum Gasteiger partial charge on any atom is -0.481 e. The molecule has 2 unspecified atom stereocenters. The fourth-order valence-corrected chi connectivity index (χ4v) is 2.82. The molecular formula is C20H20F3NO3. The normalized spacial score (nSPS) is 13.6. The monoisotopic (exact) mass is 379 g/mol. The van der Waals surface area contributed by atoms with Gasteiger partial charge in [0, 0.05) is 12.8 Å². The molecule has 2 aromatic rings. The number of benzene rings is 2. The predicted octanol–water partition coefficient (Wildman–Crippen LogP) is 4.44. The summed E-state index contributed by atoms with van der Waals surface area (Å²) < 4.78 is 40.3. The van der Waals surface area contributed by atoms with Crippen LogP contribution in [0, 0.1) is 0 Å². The highest BCUT2D eigenvalue weighted by Gasteiger charge is 2.42. The van der Waals surface area contributed by atoms with E-state index in [2.05, 4.69) is 5.32 Å². The summed E-state index contributed by atoms with van der Waals surface area (Å²) in [6, 6.07) is 15.2. The van der Waals surface area contributed by atoms with Gasteiger partial charge in [0.2, 0.25) is 5.91 Å². The van der Waals surface area contributed by atoms with Gasteiger partial charge in [-0.1, -0.05) is 60.7 Å². The molecule has 0 aliphatic rings. The maximum absolute atomic E-state index is 13.4. The molecular weight excluding hydrogens is 359 g/mol. The Morgan fingerprint density at radius 1 is 0.926 bits per heavy atom. The molecule has 4 nitrogen and oxygen atoms in total. The molecule has 2 atom stereocenters. The number of nitrogens with one attached hydrogen (secondary N) is 1. The Morgan fingerprint density at radius 2 is 1.44 bits per heavy atom. The highest BCUT2D eigenvalue weighted by atomic mass is 19.4. The van der Waals surface area contributed by atoms with Gasteiger partial charge < -0.3 is 10.4 Å². The van der Waals surface area contributed by atoms with Crippen molar-refractivity contribution in [3.05, 3.63) is 71.8 Å². The summed E-state index contributed by atoms with van der Waals surface area (Å²) in [5.74, 6) is -3.74. The summed E-state index contributed by atoms with van der Waals surface area (Å²) in [5.41, 5.74) is 0.664. The van der Waals surface area contributed by atoms with Gasteiger partial charge in [0.1, 0.15) is 0 Å². The van der Waals surface area contributed by atoms with Gasteiger partial charge in [0.25, 0.3) is 0 Å². The molecule has 2 aromatic carbocycles. The topological polar surface area (TPSA) is 66.4 Å². The first-order valence-electron chi connectivity index (χ1n) is 8.45. The Morgan fingerprint density at radius 3 is 1.93 bits per heavy atom. The van der Waals surface area contributed by atoms with Crippen LogP contribution in [-0.2, 0) is 9.59 Å². The van der Waals surface area contributed by atoms with Crippen molar-refractivity contribution >= 4 is 11.9 Å². The summed E-state index contributed by atoms with van der Waals surface area (Å²) in [7, 11) is 0. The molecule has 0 aliphatic carbocycles.